The Morgan fingerprint density at radius 2 is 1.68 bits per heavy atom. The number of rotatable bonds is 9. The molecule has 2 N–H and O–H groups in total. The molecule has 1 aromatic carbocycles. The molecule has 108 valence electrons. The van der Waals surface area contributed by atoms with E-state index in [4.69, 9.17) is 17.3 Å². The van der Waals surface area contributed by atoms with E-state index >= 15 is 0 Å². The van der Waals surface area contributed by atoms with Gasteiger partial charge in [0.05, 0.1) is 0 Å². The predicted molar refractivity (Wildman–Crippen MR) is 85.7 cm³/mol. The Bertz CT molecular complexity index is 362. The van der Waals surface area contributed by atoms with Crippen molar-refractivity contribution in [3.8, 4) is 0 Å². The fraction of sp³-hybridized carbons (Fsp3) is 0.647. The fourth-order valence-corrected chi connectivity index (χ4v) is 2.78. The molecule has 0 aliphatic carbocycles. The van der Waals surface area contributed by atoms with Crippen LogP contribution in [0, 0.1) is 6.92 Å². The lowest BCUT2D eigenvalue weighted by Gasteiger charge is -2.14. The van der Waals surface area contributed by atoms with Gasteiger partial charge in [0.1, 0.15) is 0 Å². The molecular weight excluding hydrogens is 254 g/mol. The highest BCUT2D eigenvalue weighted by molar-refractivity contribution is 6.31. The Kier molecular flexibility index (Phi) is 8.16. The summed E-state index contributed by atoms with van der Waals surface area (Å²) in [5.74, 6) is 0. The summed E-state index contributed by atoms with van der Waals surface area (Å²) in [7, 11) is 0. The largest absolute Gasteiger partial charge is 0.324 e. The molecule has 0 spiro atoms. The van der Waals surface area contributed by atoms with E-state index < -0.39 is 0 Å². The zero-order valence-corrected chi connectivity index (χ0v) is 13.2. The van der Waals surface area contributed by atoms with Crippen molar-refractivity contribution < 1.29 is 0 Å². The Hall–Kier alpha value is -0.530. The van der Waals surface area contributed by atoms with Crippen LogP contribution in [0.15, 0.2) is 18.2 Å². The first-order chi connectivity index (χ1) is 9.15. The lowest BCUT2D eigenvalue weighted by atomic mass is 9.99. The third kappa shape index (κ3) is 6.44. The van der Waals surface area contributed by atoms with Crippen LogP contribution in [0.5, 0.6) is 0 Å². The van der Waals surface area contributed by atoms with Crippen molar-refractivity contribution in [3.05, 3.63) is 34.3 Å². The molecule has 0 saturated carbocycles. The minimum atomic E-state index is 0.0868. The number of hydrogen-bond donors (Lipinski definition) is 1. The van der Waals surface area contributed by atoms with Gasteiger partial charge in [-0.15, -0.1) is 0 Å². The molecule has 0 fully saturated rings. The monoisotopic (exact) mass is 281 g/mol. The second-order valence-corrected chi connectivity index (χ2v) is 5.95. The topological polar surface area (TPSA) is 26.0 Å². The van der Waals surface area contributed by atoms with E-state index in [1.165, 1.54) is 50.5 Å². The second kappa shape index (κ2) is 9.39. The molecule has 0 aliphatic rings. The molecule has 1 atom stereocenters. The van der Waals surface area contributed by atoms with E-state index in [9.17, 15) is 0 Å². The highest BCUT2D eigenvalue weighted by atomic mass is 35.5. The molecule has 0 aliphatic heterocycles. The van der Waals surface area contributed by atoms with Crippen LogP contribution >= 0.6 is 11.6 Å². The average Bonchev–Trinajstić information content (AvgIpc) is 2.37. The number of unbranched alkanes of at least 4 members (excludes halogenated alkanes) is 6. The first-order valence-corrected chi connectivity index (χ1v) is 8.04. The maximum absolute atomic E-state index is 6.24. The van der Waals surface area contributed by atoms with Crippen LogP contribution in [0.4, 0.5) is 0 Å². The summed E-state index contributed by atoms with van der Waals surface area (Å²) in [5.41, 5.74) is 8.51. The third-order valence-electron chi connectivity index (χ3n) is 3.67. The first-order valence-electron chi connectivity index (χ1n) is 7.66. The minimum absolute atomic E-state index is 0.0868. The van der Waals surface area contributed by atoms with Gasteiger partial charge >= 0.3 is 0 Å². The van der Waals surface area contributed by atoms with Gasteiger partial charge in [-0.25, -0.2) is 0 Å². The van der Waals surface area contributed by atoms with E-state index in [1.807, 2.05) is 6.07 Å². The van der Waals surface area contributed by atoms with Gasteiger partial charge in [-0.05, 0) is 30.5 Å². The van der Waals surface area contributed by atoms with E-state index in [1.54, 1.807) is 0 Å². The molecule has 0 saturated heterocycles. The van der Waals surface area contributed by atoms with Crippen LogP contribution in [0.3, 0.4) is 0 Å². The molecule has 0 radical (unpaired) electrons. The summed E-state index contributed by atoms with van der Waals surface area (Å²) in [6.07, 6.45) is 10.3. The zero-order chi connectivity index (χ0) is 14.1. The third-order valence-corrected chi connectivity index (χ3v) is 4.00. The molecule has 1 aromatic rings. The van der Waals surface area contributed by atoms with Crippen molar-refractivity contribution in [2.75, 3.05) is 0 Å². The van der Waals surface area contributed by atoms with Gasteiger partial charge in [-0.3, -0.25) is 0 Å². The Labute approximate surface area is 123 Å². The van der Waals surface area contributed by atoms with Gasteiger partial charge in [-0.1, -0.05) is 75.6 Å². The standard InChI is InChI=1S/C17H28ClN/c1-3-4-5-6-7-8-9-10-17(19)15-12-11-14(2)13-16(15)18/h11-13,17H,3-10,19H2,1-2H3. The van der Waals surface area contributed by atoms with Crippen LogP contribution in [0.1, 0.15) is 75.5 Å². The first kappa shape index (κ1) is 16.5. The summed E-state index contributed by atoms with van der Waals surface area (Å²) in [4.78, 5) is 0. The molecule has 0 heterocycles. The van der Waals surface area contributed by atoms with Crippen molar-refractivity contribution in [2.45, 2.75) is 71.3 Å². The highest BCUT2D eigenvalue weighted by Crippen LogP contribution is 2.26. The number of hydrogen-bond acceptors (Lipinski definition) is 1. The van der Waals surface area contributed by atoms with Gasteiger partial charge in [-0.2, -0.15) is 0 Å². The zero-order valence-electron chi connectivity index (χ0n) is 12.4. The quantitative estimate of drug-likeness (QED) is 0.570. The summed E-state index contributed by atoms with van der Waals surface area (Å²) in [5, 5.41) is 0.815. The van der Waals surface area contributed by atoms with Crippen LogP contribution in [-0.4, -0.2) is 0 Å². The molecule has 1 unspecified atom stereocenters. The van der Waals surface area contributed by atoms with E-state index in [0.717, 1.165) is 17.0 Å². The lowest BCUT2D eigenvalue weighted by Crippen LogP contribution is -2.10. The van der Waals surface area contributed by atoms with Crippen molar-refractivity contribution >= 4 is 11.6 Å². The van der Waals surface area contributed by atoms with E-state index in [-0.39, 0.29) is 6.04 Å². The molecule has 1 rings (SSSR count). The van der Waals surface area contributed by atoms with Crippen LogP contribution in [0.2, 0.25) is 5.02 Å². The highest BCUT2D eigenvalue weighted by Gasteiger charge is 2.09. The number of halogens is 1. The second-order valence-electron chi connectivity index (χ2n) is 5.54. The Morgan fingerprint density at radius 3 is 2.32 bits per heavy atom. The van der Waals surface area contributed by atoms with Gasteiger partial charge < -0.3 is 5.73 Å². The van der Waals surface area contributed by atoms with E-state index in [2.05, 4.69) is 26.0 Å². The van der Waals surface area contributed by atoms with Crippen molar-refractivity contribution in [3.63, 3.8) is 0 Å². The normalized spacial score (nSPS) is 12.6. The van der Waals surface area contributed by atoms with Crippen LogP contribution in [-0.2, 0) is 0 Å². The lowest BCUT2D eigenvalue weighted by molar-refractivity contribution is 0.541. The SMILES string of the molecule is CCCCCCCCCC(N)c1ccc(C)cc1Cl. The summed E-state index contributed by atoms with van der Waals surface area (Å²) >= 11 is 6.24. The minimum Gasteiger partial charge on any atom is -0.324 e. The smallest absolute Gasteiger partial charge is 0.0456 e. The van der Waals surface area contributed by atoms with Gasteiger partial charge in [0.2, 0.25) is 0 Å². The number of benzene rings is 1. The molecule has 2 heteroatoms. The number of nitrogens with two attached hydrogens (primary N) is 1. The molecule has 0 amide bonds. The van der Waals surface area contributed by atoms with Gasteiger partial charge in [0, 0.05) is 11.1 Å². The van der Waals surface area contributed by atoms with Crippen molar-refractivity contribution in [1.82, 2.24) is 0 Å². The van der Waals surface area contributed by atoms with E-state index in [0.29, 0.717) is 0 Å². The molecule has 1 nitrogen and oxygen atoms in total. The van der Waals surface area contributed by atoms with Crippen molar-refractivity contribution in [2.24, 2.45) is 5.73 Å². The summed E-state index contributed by atoms with van der Waals surface area (Å²) < 4.78 is 0. The maximum Gasteiger partial charge on any atom is 0.0456 e. The average molecular weight is 282 g/mol. The molecule has 0 bridgehead atoms. The summed E-state index contributed by atoms with van der Waals surface area (Å²) in [6, 6.07) is 6.25. The van der Waals surface area contributed by atoms with Gasteiger partial charge in [0.25, 0.3) is 0 Å². The molecule has 0 aromatic heterocycles. The number of aryl methyl sites for hydroxylation is 1. The van der Waals surface area contributed by atoms with Crippen LogP contribution in [0.25, 0.3) is 0 Å². The summed E-state index contributed by atoms with van der Waals surface area (Å²) in [6.45, 7) is 4.31. The predicted octanol–water partition coefficient (Wildman–Crippen LogP) is 5.79. The molecule has 19 heavy (non-hydrogen) atoms. The fourth-order valence-electron chi connectivity index (χ4n) is 2.41. The van der Waals surface area contributed by atoms with Crippen molar-refractivity contribution in [1.29, 1.82) is 0 Å². The maximum atomic E-state index is 6.24. The van der Waals surface area contributed by atoms with Gasteiger partial charge in [0.15, 0.2) is 0 Å². The Morgan fingerprint density at radius 1 is 1.05 bits per heavy atom. The Balaban J connectivity index is 2.22. The molecular formula is C17H28ClN. The van der Waals surface area contributed by atoms with Crippen LogP contribution < -0.4 is 5.73 Å².